The van der Waals surface area contributed by atoms with Crippen LogP contribution in [0.3, 0.4) is 0 Å². The van der Waals surface area contributed by atoms with Crippen molar-refractivity contribution in [3.63, 3.8) is 0 Å². The van der Waals surface area contributed by atoms with E-state index in [1.165, 1.54) is 6.92 Å². The van der Waals surface area contributed by atoms with Crippen molar-refractivity contribution in [2.45, 2.75) is 59.5 Å². The van der Waals surface area contributed by atoms with Gasteiger partial charge in [0.1, 0.15) is 5.60 Å². The summed E-state index contributed by atoms with van der Waals surface area (Å²) in [5.41, 5.74) is -0.959. The molecule has 1 rings (SSSR count). The van der Waals surface area contributed by atoms with Crippen LogP contribution in [0, 0.1) is 11.3 Å². The lowest BCUT2D eigenvalue weighted by molar-refractivity contribution is -0.145. The second-order valence-electron chi connectivity index (χ2n) is 5.96. The van der Waals surface area contributed by atoms with E-state index in [-0.39, 0.29) is 11.2 Å². The first-order chi connectivity index (χ1) is 7.48. The van der Waals surface area contributed by atoms with Crippen LogP contribution >= 0.6 is 0 Å². The molecule has 1 aliphatic carbocycles. The number of aliphatic carboxylic acids is 1. The first-order valence-electron chi connectivity index (χ1n) is 5.91. The van der Waals surface area contributed by atoms with Crippen molar-refractivity contribution >= 4 is 11.8 Å². The zero-order chi connectivity index (χ0) is 13.9. The number of aliphatic hydroxyl groups is 1. The molecule has 4 nitrogen and oxygen atoms in total. The zero-order valence-corrected chi connectivity index (χ0v) is 11.4. The third-order valence-corrected chi connectivity index (χ3v) is 3.01. The number of carboxylic acid groups (broad SMARTS) is 1. The molecule has 0 aromatic heterocycles. The van der Waals surface area contributed by atoms with Gasteiger partial charge >= 0.3 is 0 Å². The predicted molar refractivity (Wildman–Crippen MR) is 65.7 cm³/mol. The summed E-state index contributed by atoms with van der Waals surface area (Å²) in [5.74, 6) is -0.468. The van der Waals surface area contributed by atoms with Gasteiger partial charge in [-0.1, -0.05) is 20.8 Å². The van der Waals surface area contributed by atoms with Gasteiger partial charge in [0.2, 0.25) is 0 Å². The van der Waals surface area contributed by atoms with Crippen molar-refractivity contribution in [3.8, 4) is 0 Å². The number of rotatable bonds is 1. The van der Waals surface area contributed by atoms with Crippen LogP contribution in [0.25, 0.3) is 0 Å². The van der Waals surface area contributed by atoms with Gasteiger partial charge in [0.05, 0.1) is 0 Å². The van der Waals surface area contributed by atoms with E-state index in [4.69, 9.17) is 9.90 Å². The number of carbonyl (C=O) groups is 2. The fourth-order valence-corrected chi connectivity index (χ4v) is 2.80. The Balaban J connectivity index is 0.000000557. The topological polar surface area (TPSA) is 74.6 Å². The molecule has 2 unspecified atom stereocenters. The Morgan fingerprint density at radius 3 is 1.88 bits per heavy atom. The summed E-state index contributed by atoms with van der Waals surface area (Å²) in [6, 6.07) is 0. The van der Waals surface area contributed by atoms with E-state index >= 15 is 0 Å². The molecule has 2 N–H and O–H groups in total. The van der Waals surface area contributed by atoms with Crippen LogP contribution in [0.5, 0.6) is 0 Å². The lowest BCUT2D eigenvalue weighted by Gasteiger charge is -2.43. The van der Waals surface area contributed by atoms with Gasteiger partial charge in [-0.05, 0) is 37.5 Å². The van der Waals surface area contributed by atoms with Crippen LogP contribution < -0.4 is 0 Å². The van der Waals surface area contributed by atoms with Crippen LogP contribution in [0.2, 0.25) is 0 Å². The van der Waals surface area contributed by atoms with Gasteiger partial charge in [0.25, 0.3) is 5.97 Å². The fourth-order valence-electron chi connectivity index (χ4n) is 2.80. The fraction of sp³-hybridized carbons (Fsp3) is 0.846. The average Bonchev–Trinajstić information content (AvgIpc) is 1.96. The maximum Gasteiger partial charge on any atom is 0.300 e. The Bertz CT molecular complexity index is 292. The molecule has 0 bridgehead atoms. The molecule has 4 heteroatoms. The molecule has 1 aliphatic rings. The number of hydrogen-bond donors (Lipinski definition) is 2. The minimum atomic E-state index is -1.05. The molecule has 0 spiro atoms. The molecule has 2 atom stereocenters. The van der Waals surface area contributed by atoms with Gasteiger partial charge in [-0.15, -0.1) is 0 Å². The molecule has 0 amide bonds. The summed E-state index contributed by atoms with van der Waals surface area (Å²) in [6.07, 6.45) is 2.34. The first kappa shape index (κ1) is 16.1. The highest BCUT2D eigenvalue weighted by Gasteiger charge is 2.44. The van der Waals surface area contributed by atoms with E-state index in [1.807, 2.05) is 0 Å². The van der Waals surface area contributed by atoms with Gasteiger partial charge in [-0.3, -0.25) is 9.59 Å². The molecule has 0 aromatic rings. The normalized spacial score (nSPS) is 31.1. The van der Waals surface area contributed by atoms with Gasteiger partial charge in [-0.25, -0.2) is 0 Å². The molecule has 0 saturated heterocycles. The summed E-state index contributed by atoms with van der Waals surface area (Å²) >= 11 is 0. The zero-order valence-electron chi connectivity index (χ0n) is 11.4. The van der Waals surface area contributed by atoms with Crippen LogP contribution in [-0.4, -0.2) is 27.6 Å². The second-order valence-corrected chi connectivity index (χ2v) is 5.96. The van der Waals surface area contributed by atoms with E-state index in [2.05, 4.69) is 20.8 Å². The van der Waals surface area contributed by atoms with Crippen molar-refractivity contribution in [2.24, 2.45) is 11.3 Å². The highest BCUT2D eigenvalue weighted by atomic mass is 16.4. The Morgan fingerprint density at radius 1 is 1.18 bits per heavy atom. The standard InChI is InChI=1S/C11H20O2.C2H4O2/c1-8-5-10(3,4)7-11(13,6-8)9(2)12;1-2(3)4/h8,13H,5-7H2,1-4H3;1H3,(H,3,4). The smallest absolute Gasteiger partial charge is 0.300 e. The van der Waals surface area contributed by atoms with Gasteiger partial charge in [-0.2, -0.15) is 0 Å². The highest BCUT2D eigenvalue weighted by molar-refractivity contribution is 5.84. The molecule has 17 heavy (non-hydrogen) atoms. The minimum Gasteiger partial charge on any atom is -0.481 e. The van der Waals surface area contributed by atoms with Crippen LogP contribution in [0.4, 0.5) is 0 Å². The predicted octanol–water partition coefficient (Wildman–Crippen LogP) is 2.24. The number of carbonyl (C=O) groups excluding carboxylic acids is 1. The minimum absolute atomic E-state index is 0.0767. The highest BCUT2D eigenvalue weighted by Crippen LogP contribution is 2.44. The van der Waals surface area contributed by atoms with Gasteiger partial charge in [0.15, 0.2) is 5.78 Å². The first-order valence-corrected chi connectivity index (χ1v) is 5.91. The van der Waals surface area contributed by atoms with Crippen molar-refractivity contribution < 1.29 is 19.8 Å². The maximum atomic E-state index is 11.3. The van der Waals surface area contributed by atoms with E-state index in [0.717, 1.165) is 13.3 Å². The molecule has 100 valence electrons. The van der Waals surface area contributed by atoms with Crippen molar-refractivity contribution in [1.82, 2.24) is 0 Å². The third-order valence-electron chi connectivity index (χ3n) is 3.01. The van der Waals surface area contributed by atoms with Crippen LogP contribution in [0.15, 0.2) is 0 Å². The maximum absolute atomic E-state index is 11.3. The van der Waals surface area contributed by atoms with Crippen LogP contribution in [0.1, 0.15) is 53.9 Å². The molecule has 1 fully saturated rings. The number of ketones is 1. The Labute approximate surface area is 103 Å². The summed E-state index contributed by atoms with van der Waals surface area (Å²) in [4.78, 5) is 20.3. The Hall–Kier alpha value is -0.900. The number of hydrogen-bond acceptors (Lipinski definition) is 3. The Kier molecular flexibility index (Phi) is 5.33. The quantitative estimate of drug-likeness (QED) is 0.741. The Morgan fingerprint density at radius 2 is 1.59 bits per heavy atom. The molecular weight excluding hydrogens is 220 g/mol. The van der Waals surface area contributed by atoms with Crippen molar-refractivity contribution in [1.29, 1.82) is 0 Å². The largest absolute Gasteiger partial charge is 0.481 e. The van der Waals surface area contributed by atoms with E-state index in [1.54, 1.807) is 0 Å². The lowest BCUT2D eigenvalue weighted by atomic mass is 9.65. The monoisotopic (exact) mass is 244 g/mol. The van der Waals surface area contributed by atoms with Gasteiger partial charge < -0.3 is 10.2 Å². The van der Waals surface area contributed by atoms with Crippen molar-refractivity contribution in [3.05, 3.63) is 0 Å². The molecule has 0 aromatic carbocycles. The molecule has 0 radical (unpaired) electrons. The summed E-state index contributed by atoms with van der Waals surface area (Å²) in [6.45, 7) is 8.93. The molecule has 1 saturated carbocycles. The summed E-state index contributed by atoms with van der Waals surface area (Å²) < 4.78 is 0. The number of Topliss-reactive ketones (excluding diaryl/α,β-unsaturated/α-hetero) is 1. The molecule has 0 aliphatic heterocycles. The van der Waals surface area contributed by atoms with Gasteiger partial charge in [0, 0.05) is 6.92 Å². The molecular formula is C13H24O4. The second kappa shape index (κ2) is 5.63. The summed E-state index contributed by atoms with van der Waals surface area (Å²) in [5, 5.41) is 17.5. The lowest BCUT2D eigenvalue weighted by Crippen LogP contribution is -2.47. The molecule has 0 heterocycles. The number of carboxylic acids is 1. The van der Waals surface area contributed by atoms with Crippen molar-refractivity contribution in [2.75, 3.05) is 0 Å². The SMILES string of the molecule is CC(=O)C1(O)CC(C)CC(C)(C)C1.CC(=O)O. The van der Waals surface area contributed by atoms with Crippen LogP contribution in [-0.2, 0) is 9.59 Å². The van der Waals surface area contributed by atoms with E-state index in [0.29, 0.717) is 18.8 Å². The summed E-state index contributed by atoms with van der Waals surface area (Å²) in [7, 11) is 0. The van der Waals surface area contributed by atoms with E-state index in [9.17, 15) is 9.90 Å². The van der Waals surface area contributed by atoms with E-state index < -0.39 is 11.6 Å². The average molecular weight is 244 g/mol. The third kappa shape index (κ3) is 5.82.